The van der Waals surface area contributed by atoms with Crippen LogP contribution in [-0.2, 0) is 0 Å². The van der Waals surface area contributed by atoms with Crippen LogP contribution in [0.4, 0.5) is 5.69 Å². The minimum atomic E-state index is 0.702. The molecule has 4 aromatic rings. The van der Waals surface area contributed by atoms with E-state index in [2.05, 4.69) is 45.9 Å². The van der Waals surface area contributed by atoms with Gasteiger partial charge in [-0.15, -0.1) is 0 Å². The van der Waals surface area contributed by atoms with Crippen LogP contribution in [0.25, 0.3) is 27.5 Å². The summed E-state index contributed by atoms with van der Waals surface area (Å²) in [5.74, 6) is 0. The number of carbonyl (C=O) groups excluding carboxylic acids is 1. The molecule has 0 N–H and O–H groups in total. The maximum absolute atomic E-state index is 11.2. The van der Waals surface area contributed by atoms with E-state index in [1.54, 1.807) is 0 Å². The molecule has 24 heavy (non-hydrogen) atoms. The van der Waals surface area contributed by atoms with E-state index < -0.39 is 0 Å². The first-order valence-electron chi connectivity index (χ1n) is 7.95. The Hall–Kier alpha value is -3.07. The van der Waals surface area contributed by atoms with E-state index in [0.717, 1.165) is 33.8 Å². The molecule has 0 spiro atoms. The summed E-state index contributed by atoms with van der Waals surface area (Å²) in [6.45, 7) is 0. The van der Waals surface area contributed by atoms with Crippen molar-refractivity contribution in [3.8, 4) is 5.69 Å². The number of nitrogens with zero attached hydrogens (tertiary/aromatic N) is 2. The van der Waals surface area contributed by atoms with Gasteiger partial charge in [0.2, 0.25) is 0 Å². The lowest BCUT2D eigenvalue weighted by Crippen LogP contribution is -2.08. The Morgan fingerprint density at radius 1 is 0.833 bits per heavy atom. The van der Waals surface area contributed by atoms with Crippen LogP contribution < -0.4 is 4.90 Å². The molecular weight excluding hydrogens is 296 g/mol. The van der Waals surface area contributed by atoms with Crippen LogP contribution in [0, 0.1) is 0 Å². The van der Waals surface area contributed by atoms with Crippen LogP contribution in [0.3, 0.4) is 0 Å². The first-order chi connectivity index (χ1) is 11.7. The highest BCUT2D eigenvalue weighted by Gasteiger charge is 2.12. The van der Waals surface area contributed by atoms with Crippen LogP contribution in [0.5, 0.6) is 0 Å². The summed E-state index contributed by atoms with van der Waals surface area (Å²) in [5.41, 5.74) is 5.24. The largest absolute Gasteiger partial charge is 0.378 e. The van der Waals surface area contributed by atoms with Crippen LogP contribution >= 0.6 is 0 Å². The van der Waals surface area contributed by atoms with Gasteiger partial charge in [0.15, 0.2) is 0 Å². The summed E-state index contributed by atoms with van der Waals surface area (Å²) in [6, 6.07) is 22.7. The predicted octanol–water partition coefficient (Wildman–Crippen LogP) is 4.66. The van der Waals surface area contributed by atoms with Crippen molar-refractivity contribution in [2.75, 3.05) is 19.0 Å². The van der Waals surface area contributed by atoms with Gasteiger partial charge in [0.05, 0.1) is 11.0 Å². The molecule has 3 nitrogen and oxygen atoms in total. The Bertz CT molecular complexity index is 1040. The molecule has 0 atom stereocenters. The second-order valence-corrected chi connectivity index (χ2v) is 6.16. The Morgan fingerprint density at radius 3 is 2.25 bits per heavy atom. The summed E-state index contributed by atoms with van der Waals surface area (Å²) in [5, 5.41) is 2.26. The predicted molar refractivity (Wildman–Crippen MR) is 100 cm³/mol. The molecule has 0 aliphatic heterocycles. The zero-order valence-electron chi connectivity index (χ0n) is 13.7. The topological polar surface area (TPSA) is 25.2 Å². The maximum atomic E-state index is 11.2. The maximum Gasteiger partial charge on any atom is 0.150 e. The van der Waals surface area contributed by atoms with Crippen molar-refractivity contribution in [2.24, 2.45) is 0 Å². The van der Waals surface area contributed by atoms with Crippen molar-refractivity contribution in [1.29, 1.82) is 0 Å². The minimum Gasteiger partial charge on any atom is -0.378 e. The quantitative estimate of drug-likeness (QED) is 0.514. The molecule has 0 aliphatic carbocycles. The molecule has 0 fully saturated rings. The lowest BCUT2D eigenvalue weighted by atomic mass is 10.1. The summed E-state index contributed by atoms with van der Waals surface area (Å²) in [4.78, 5) is 13.2. The van der Waals surface area contributed by atoms with Gasteiger partial charge in [-0.3, -0.25) is 4.79 Å². The number of hydrogen-bond acceptors (Lipinski definition) is 2. The van der Waals surface area contributed by atoms with E-state index in [0.29, 0.717) is 5.56 Å². The van der Waals surface area contributed by atoms with Crippen molar-refractivity contribution in [1.82, 2.24) is 4.57 Å². The third-order valence-corrected chi connectivity index (χ3v) is 4.46. The standard InChI is InChI=1S/C21H18N2O/c1-22(2)16-8-10-17(11-9-16)23-20-6-4-3-5-18(20)19-13-15(14-24)7-12-21(19)23/h3-14H,1-2H3. The molecule has 0 saturated heterocycles. The number of para-hydroxylation sites is 1. The Kier molecular flexibility index (Phi) is 3.35. The lowest BCUT2D eigenvalue weighted by molar-refractivity contribution is 0.112. The molecule has 3 aromatic carbocycles. The van der Waals surface area contributed by atoms with E-state index in [-0.39, 0.29) is 0 Å². The molecule has 1 aromatic heterocycles. The fourth-order valence-electron chi connectivity index (χ4n) is 3.24. The first kappa shape index (κ1) is 14.5. The van der Waals surface area contributed by atoms with Crippen molar-refractivity contribution < 1.29 is 4.79 Å². The van der Waals surface area contributed by atoms with Gasteiger partial charge in [-0.05, 0) is 48.5 Å². The van der Waals surface area contributed by atoms with Gasteiger partial charge < -0.3 is 9.47 Å². The fourth-order valence-corrected chi connectivity index (χ4v) is 3.24. The molecule has 118 valence electrons. The van der Waals surface area contributed by atoms with Crippen molar-refractivity contribution >= 4 is 33.8 Å². The van der Waals surface area contributed by atoms with Crippen LogP contribution in [-0.4, -0.2) is 24.9 Å². The smallest absolute Gasteiger partial charge is 0.150 e. The highest BCUT2D eigenvalue weighted by molar-refractivity contribution is 6.10. The number of hydrogen-bond donors (Lipinski definition) is 0. The van der Waals surface area contributed by atoms with Gasteiger partial charge in [-0.1, -0.05) is 18.2 Å². The first-order valence-corrected chi connectivity index (χ1v) is 7.95. The molecule has 1 heterocycles. The number of anilines is 1. The van der Waals surface area contributed by atoms with E-state index in [1.807, 2.05) is 44.4 Å². The van der Waals surface area contributed by atoms with Gasteiger partial charge in [-0.2, -0.15) is 0 Å². The van der Waals surface area contributed by atoms with Gasteiger partial charge in [-0.25, -0.2) is 0 Å². The van der Waals surface area contributed by atoms with Crippen LogP contribution in [0.2, 0.25) is 0 Å². The zero-order chi connectivity index (χ0) is 16.7. The van der Waals surface area contributed by atoms with Crippen molar-refractivity contribution in [3.63, 3.8) is 0 Å². The number of aldehydes is 1. The second kappa shape index (κ2) is 5.53. The fraction of sp³-hybridized carbons (Fsp3) is 0.0952. The van der Waals surface area contributed by atoms with Gasteiger partial charge in [0.25, 0.3) is 0 Å². The average Bonchev–Trinajstić information content (AvgIpc) is 2.95. The van der Waals surface area contributed by atoms with Gasteiger partial charge >= 0.3 is 0 Å². The molecule has 0 amide bonds. The zero-order valence-corrected chi connectivity index (χ0v) is 13.7. The molecule has 0 aliphatic rings. The summed E-state index contributed by atoms with van der Waals surface area (Å²) >= 11 is 0. The second-order valence-electron chi connectivity index (χ2n) is 6.16. The van der Waals surface area contributed by atoms with Crippen LogP contribution in [0.1, 0.15) is 10.4 Å². The van der Waals surface area contributed by atoms with Crippen LogP contribution in [0.15, 0.2) is 66.7 Å². The number of benzene rings is 3. The van der Waals surface area contributed by atoms with E-state index >= 15 is 0 Å². The molecule has 0 saturated carbocycles. The van der Waals surface area contributed by atoms with Crippen molar-refractivity contribution in [2.45, 2.75) is 0 Å². The number of fused-ring (bicyclic) bond motifs is 3. The molecule has 0 bridgehead atoms. The van der Waals surface area contributed by atoms with Gasteiger partial charge in [0.1, 0.15) is 6.29 Å². The summed E-state index contributed by atoms with van der Waals surface area (Å²) < 4.78 is 2.25. The Morgan fingerprint density at radius 2 is 1.54 bits per heavy atom. The SMILES string of the molecule is CN(C)c1ccc(-n2c3ccccc3c3cc(C=O)ccc32)cc1. The lowest BCUT2D eigenvalue weighted by Gasteiger charge is -2.14. The Balaban J connectivity index is 2.04. The van der Waals surface area contributed by atoms with Crippen molar-refractivity contribution in [3.05, 3.63) is 72.3 Å². The summed E-state index contributed by atoms with van der Waals surface area (Å²) in [6.07, 6.45) is 0.900. The number of aromatic nitrogens is 1. The molecule has 0 radical (unpaired) electrons. The third kappa shape index (κ3) is 2.17. The average molecular weight is 314 g/mol. The highest BCUT2D eigenvalue weighted by Crippen LogP contribution is 2.32. The molecule has 3 heteroatoms. The van der Waals surface area contributed by atoms with Gasteiger partial charge in [0, 0.05) is 41.8 Å². The highest BCUT2D eigenvalue weighted by atomic mass is 16.1. The molecule has 0 unspecified atom stereocenters. The molecule has 4 rings (SSSR count). The third-order valence-electron chi connectivity index (χ3n) is 4.46. The monoisotopic (exact) mass is 314 g/mol. The Labute approximate surface area is 140 Å². The van der Waals surface area contributed by atoms with E-state index in [9.17, 15) is 4.79 Å². The van der Waals surface area contributed by atoms with E-state index in [4.69, 9.17) is 0 Å². The summed E-state index contributed by atoms with van der Waals surface area (Å²) in [7, 11) is 4.08. The number of carbonyl (C=O) groups is 1. The van der Waals surface area contributed by atoms with E-state index in [1.165, 1.54) is 5.69 Å². The normalized spacial score (nSPS) is 11.1. The molecular formula is C21H18N2O. The minimum absolute atomic E-state index is 0.702. The number of rotatable bonds is 3.